The minimum absolute atomic E-state index is 0. The Bertz CT molecular complexity index is 1440. The molecule has 12 nitrogen and oxygen atoms in total. The predicted octanol–water partition coefficient (Wildman–Crippen LogP) is 4.74. The molecule has 0 N–H and O–H groups in total. The fourth-order valence-corrected chi connectivity index (χ4v) is 4.78. The first-order valence-electron chi connectivity index (χ1n) is 16.2. The molecule has 1 aromatic rings. The second-order valence-corrected chi connectivity index (χ2v) is 10.4. The lowest BCUT2D eigenvalue weighted by Gasteiger charge is -2.25. The molecule has 0 atom stereocenters. The average molecular weight is 713 g/mol. The fraction of sp³-hybridized carbons (Fsp3) is 0.538. The van der Waals surface area contributed by atoms with Gasteiger partial charge in [-0.3, -0.25) is 19.2 Å². The third kappa shape index (κ3) is 13.5. The molecular weight excluding hydrogens is 660 g/mol. The van der Waals surface area contributed by atoms with Crippen molar-refractivity contribution in [3.8, 4) is 36.5 Å². The summed E-state index contributed by atoms with van der Waals surface area (Å²) in [7, 11) is 0. The number of benzene rings is 1. The van der Waals surface area contributed by atoms with Crippen LogP contribution in [0.15, 0.2) is 12.1 Å². The summed E-state index contributed by atoms with van der Waals surface area (Å²) in [5.74, 6) is 5.73. The van der Waals surface area contributed by atoms with Crippen LogP contribution in [0.3, 0.4) is 0 Å². The van der Waals surface area contributed by atoms with Crippen LogP contribution in [0.25, 0.3) is 0 Å². The first-order chi connectivity index (χ1) is 23.8. The van der Waals surface area contributed by atoms with Crippen molar-refractivity contribution in [2.45, 2.75) is 88.5 Å². The van der Waals surface area contributed by atoms with Crippen molar-refractivity contribution in [2.75, 3.05) is 39.6 Å². The highest BCUT2D eigenvalue weighted by molar-refractivity contribution is 6.02. The van der Waals surface area contributed by atoms with Gasteiger partial charge in [0.2, 0.25) is 0 Å². The van der Waals surface area contributed by atoms with Crippen molar-refractivity contribution in [1.82, 2.24) is 0 Å². The van der Waals surface area contributed by atoms with Gasteiger partial charge in [-0.15, -0.1) is 24.7 Å². The van der Waals surface area contributed by atoms with Gasteiger partial charge in [0.1, 0.15) is 0 Å². The number of ether oxygens (including phenoxy) is 6. The van der Waals surface area contributed by atoms with Crippen molar-refractivity contribution >= 4 is 35.8 Å². The summed E-state index contributed by atoms with van der Waals surface area (Å²) in [5, 5.41) is 0. The number of terminal acetylenes is 2. The van der Waals surface area contributed by atoms with Gasteiger partial charge in [0, 0.05) is 18.8 Å². The summed E-state index contributed by atoms with van der Waals surface area (Å²) >= 11 is 0. The normalized spacial score (nSPS) is 11.5. The number of esters is 6. The van der Waals surface area contributed by atoms with Crippen LogP contribution in [0, 0.1) is 54.3 Å². The molecule has 1 aliphatic rings. The van der Waals surface area contributed by atoms with Crippen molar-refractivity contribution in [1.29, 1.82) is 0 Å². The first-order valence-corrected chi connectivity index (χ1v) is 16.2. The van der Waals surface area contributed by atoms with Crippen LogP contribution in [0.4, 0.5) is 0 Å². The monoisotopic (exact) mass is 712 g/mol. The molecule has 2 rings (SSSR count). The molecule has 0 heterocycles. The number of hydrogen-bond donors (Lipinski definition) is 0. The summed E-state index contributed by atoms with van der Waals surface area (Å²) < 4.78 is 29.5. The molecular formula is C39H52O12. The molecule has 1 aromatic carbocycles. The van der Waals surface area contributed by atoms with Gasteiger partial charge in [0.05, 0.1) is 45.2 Å². The van der Waals surface area contributed by atoms with E-state index in [1.165, 1.54) is 0 Å². The van der Waals surface area contributed by atoms with Crippen LogP contribution < -0.4 is 0 Å². The minimum Gasteiger partial charge on any atom is -0.465 e. The molecule has 0 aliphatic heterocycles. The van der Waals surface area contributed by atoms with E-state index in [1.807, 2.05) is 6.07 Å². The molecule has 0 radical (unpaired) electrons. The Morgan fingerprint density at radius 2 is 1.10 bits per heavy atom. The van der Waals surface area contributed by atoms with Crippen LogP contribution in [-0.4, -0.2) is 75.5 Å². The number of rotatable bonds is 13. The maximum atomic E-state index is 12.5. The highest BCUT2D eigenvalue weighted by Crippen LogP contribution is 2.40. The summed E-state index contributed by atoms with van der Waals surface area (Å²) in [4.78, 5) is 71.1. The van der Waals surface area contributed by atoms with E-state index in [-0.39, 0.29) is 66.1 Å². The van der Waals surface area contributed by atoms with E-state index in [4.69, 9.17) is 36.5 Å². The van der Waals surface area contributed by atoms with E-state index < -0.39 is 46.6 Å². The van der Waals surface area contributed by atoms with Crippen LogP contribution in [0.5, 0.6) is 0 Å². The molecule has 0 saturated heterocycles. The molecule has 0 amide bonds. The van der Waals surface area contributed by atoms with Crippen molar-refractivity contribution in [3.05, 3.63) is 34.4 Å². The summed E-state index contributed by atoms with van der Waals surface area (Å²) in [6.45, 7) is 14.9. The average Bonchev–Trinajstić information content (AvgIpc) is 3.45. The predicted molar refractivity (Wildman–Crippen MR) is 190 cm³/mol. The van der Waals surface area contributed by atoms with Gasteiger partial charge in [-0.05, 0) is 91.0 Å². The number of aryl methyl sites for hydroxylation is 1. The molecule has 0 saturated carbocycles. The molecule has 1 aliphatic carbocycles. The standard InChI is InChI=1S/C19H24O6.C13H16O4.C6H8O2.CH4/c1-5-23-16(20)15-9-14-11-19(17(21)24-6-2,18(22)25-7-3)10-13(14)8-12(15)4;1-5-9-13(10-6-2,11(14)16-7-3)12(15)17-8-4;1-3-5-6(7)8-4-2;/h8-9H,5-7,10-11H2,1-4H3;1-2H,7-10H2,3-4H3;4H2,1-2H3;1H4. The zero-order valence-corrected chi connectivity index (χ0v) is 30.3. The lowest BCUT2D eigenvalue weighted by Crippen LogP contribution is -2.43. The third-order valence-corrected chi connectivity index (χ3v) is 7.00. The van der Waals surface area contributed by atoms with Gasteiger partial charge >= 0.3 is 35.8 Å². The molecule has 0 bridgehead atoms. The van der Waals surface area contributed by atoms with Crippen molar-refractivity contribution in [3.63, 3.8) is 0 Å². The van der Waals surface area contributed by atoms with E-state index in [0.717, 1.165) is 16.7 Å². The molecule has 12 heteroatoms. The van der Waals surface area contributed by atoms with E-state index >= 15 is 0 Å². The highest BCUT2D eigenvalue weighted by atomic mass is 16.6. The second-order valence-electron chi connectivity index (χ2n) is 10.4. The van der Waals surface area contributed by atoms with E-state index in [2.05, 4.69) is 28.4 Å². The Labute approximate surface area is 302 Å². The Kier molecular flexibility index (Phi) is 23.3. The summed E-state index contributed by atoms with van der Waals surface area (Å²) in [6.07, 6.45) is 10.5. The molecule has 280 valence electrons. The lowest BCUT2D eigenvalue weighted by atomic mass is 9.81. The number of fused-ring (bicyclic) bond motifs is 1. The molecule has 0 spiro atoms. The third-order valence-electron chi connectivity index (χ3n) is 7.00. The molecule has 0 fully saturated rings. The van der Waals surface area contributed by atoms with Crippen LogP contribution in [-0.2, 0) is 65.2 Å². The Balaban J connectivity index is 0. The second kappa shape index (κ2) is 24.8. The zero-order chi connectivity index (χ0) is 38.3. The van der Waals surface area contributed by atoms with Crippen LogP contribution in [0.2, 0.25) is 0 Å². The van der Waals surface area contributed by atoms with Crippen molar-refractivity contribution in [2.24, 2.45) is 10.8 Å². The van der Waals surface area contributed by atoms with Crippen LogP contribution in [0.1, 0.15) is 95.8 Å². The maximum Gasteiger partial charge on any atom is 0.384 e. The minimum atomic E-state index is -1.57. The fourth-order valence-electron chi connectivity index (χ4n) is 4.78. The Morgan fingerprint density at radius 3 is 1.47 bits per heavy atom. The van der Waals surface area contributed by atoms with Gasteiger partial charge in [-0.25, -0.2) is 9.59 Å². The van der Waals surface area contributed by atoms with Gasteiger partial charge < -0.3 is 28.4 Å². The summed E-state index contributed by atoms with van der Waals surface area (Å²) in [6, 6.07) is 3.55. The summed E-state index contributed by atoms with van der Waals surface area (Å²) in [5.41, 5.74) is -0.130. The molecule has 51 heavy (non-hydrogen) atoms. The van der Waals surface area contributed by atoms with Gasteiger partial charge in [-0.1, -0.05) is 19.4 Å². The Morgan fingerprint density at radius 1 is 0.686 bits per heavy atom. The van der Waals surface area contributed by atoms with E-state index in [1.54, 1.807) is 61.5 Å². The molecule has 0 aromatic heterocycles. The lowest BCUT2D eigenvalue weighted by molar-refractivity contribution is -0.173. The number of hydrogen-bond acceptors (Lipinski definition) is 12. The van der Waals surface area contributed by atoms with Gasteiger partial charge in [-0.2, -0.15) is 0 Å². The SMILES string of the molecule is C.C#CCC(CC#C)(C(=O)OCC)C(=O)OCC.CC#CC(=O)OCC.CCOC(=O)c1cc2c(cc1C)CC(C(=O)OCC)(C(=O)OCC)C2. The zero-order valence-electron chi connectivity index (χ0n) is 30.3. The quantitative estimate of drug-likeness (QED) is 0.0911. The first kappa shape index (κ1) is 47.8. The number of carbonyl (C=O) groups is 6. The van der Waals surface area contributed by atoms with Crippen molar-refractivity contribution < 1.29 is 57.2 Å². The largest absolute Gasteiger partial charge is 0.465 e. The highest BCUT2D eigenvalue weighted by Gasteiger charge is 2.53. The van der Waals surface area contributed by atoms with Crippen LogP contribution >= 0.6 is 0 Å². The number of carbonyl (C=O) groups excluding carboxylic acids is 6. The Hall–Kier alpha value is -5.28. The topological polar surface area (TPSA) is 158 Å². The van der Waals surface area contributed by atoms with E-state index in [9.17, 15) is 28.8 Å². The van der Waals surface area contributed by atoms with Gasteiger partial charge in [0.15, 0.2) is 10.8 Å². The maximum absolute atomic E-state index is 12.5. The van der Waals surface area contributed by atoms with E-state index in [0.29, 0.717) is 12.2 Å². The smallest absolute Gasteiger partial charge is 0.384 e. The van der Waals surface area contributed by atoms with Gasteiger partial charge in [0.25, 0.3) is 0 Å². The molecule has 0 unspecified atom stereocenters.